The van der Waals surface area contributed by atoms with Crippen LogP contribution in [-0.2, 0) is 11.2 Å². The molecule has 7 heteroatoms. The minimum Gasteiger partial charge on any atom is -0.481 e. The fourth-order valence-electron chi connectivity index (χ4n) is 1.85. The first kappa shape index (κ1) is 13.1. The molecule has 0 aliphatic heterocycles. The smallest absolute Gasteiger partial charge is 0.306 e. The molecule has 0 radical (unpaired) electrons. The molecule has 0 fully saturated rings. The minimum atomic E-state index is -0.820. The second-order valence-electron chi connectivity index (χ2n) is 4.50. The molecule has 0 amide bonds. The van der Waals surface area contributed by atoms with Gasteiger partial charge in [-0.25, -0.2) is 9.97 Å². The van der Waals surface area contributed by atoms with Gasteiger partial charge in [-0.2, -0.15) is 15.4 Å². The van der Waals surface area contributed by atoms with Gasteiger partial charge in [0.25, 0.3) is 0 Å². The van der Waals surface area contributed by atoms with E-state index in [0.717, 1.165) is 17.0 Å². The minimum absolute atomic E-state index is 0.423. The lowest BCUT2D eigenvalue weighted by molar-refractivity contribution is -0.141. The van der Waals surface area contributed by atoms with E-state index in [1.165, 1.54) is 0 Å². The van der Waals surface area contributed by atoms with Crippen LogP contribution in [0.3, 0.4) is 0 Å². The molecule has 2 aromatic rings. The molecule has 100 valence electrons. The molecular weight excluding hydrogens is 246 g/mol. The fourth-order valence-corrected chi connectivity index (χ4v) is 1.85. The normalized spacial score (nSPS) is 12.4. The first-order valence-corrected chi connectivity index (χ1v) is 5.92. The monoisotopic (exact) mass is 261 g/mol. The highest BCUT2D eigenvalue weighted by Crippen LogP contribution is 2.19. The number of hydrogen-bond acceptors (Lipinski definition) is 5. The number of carbonyl (C=O) groups is 1. The number of aromatic amines is 1. The van der Waals surface area contributed by atoms with Gasteiger partial charge in [0.2, 0.25) is 0 Å². The molecule has 0 saturated heterocycles. The van der Waals surface area contributed by atoms with E-state index in [-0.39, 0.29) is 0 Å². The Balaban J connectivity index is 2.35. The number of nitrogens with zero attached hydrogens (tertiary/aromatic N) is 4. The lowest BCUT2D eigenvalue weighted by Gasteiger charge is -2.12. The molecule has 0 bridgehead atoms. The SMILES string of the molecule is Cc1nc(-c2cn[nH]n2)nc(C)c1CC(C)C(=O)O. The van der Waals surface area contributed by atoms with Gasteiger partial charge in [0, 0.05) is 11.4 Å². The third-order valence-corrected chi connectivity index (χ3v) is 3.00. The van der Waals surface area contributed by atoms with Gasteiger partial charge < -0.3 is 5.11 Å². The molecular formula is C12H15N5O2. The average Bonchev–Trinajstić information content (AvgIpc) is 2.86. The fraction of sp³-hybridized carbons (Fsp3) is 0.417. The summed E-state index contributed by atoms with van der Waals surface area (Å²) in [5.41, 5.74) is 3.00. The first-order valence-electron chi connectivity index (χ1n) is 5.92. The lowest BCUT2D eigenvalue weighted by Crippen LogP contribution is -2.15. The van der Waals surface area contributed by atoms with Crippen molar-refractivity contribution in [2.24, 2.45) is 5.92 Å². The Bertz CT molecular complexity index is 571. The van der Waals surface area contributed by atoms with Crippen molar-refractivity contribution < 1.29 is 9.90 Å². The van der Waals surface area contributed by atoms with Crippen molar-refractivity contribution in [3.63, 3.8) is 0 Å². The maximum absolute atomic E-state index is 10.9. The molecule has 0 aliphatic carbocycles. The molecule has 19 heavy (non-hydrogen) atoms. The summed E-state index contributed by atoms with van der Waals surface area (Å²) in [5, 5.41) is 19.1. The molecule has 2 aromatic heterocycles. The maximum atomic E-state index is 10.9. The number of hydrogen-bond donors (Lipinski definition) is 2. The number of nitrogens with one attached hydrogen (secondary N) is 1. The standard InChI is InChI=1S/C12H15N5O2/c1-6(12(18)19)4-9-7(2)14-11(15-8(9)3)10-5-13-17-16-10/h5-6H,4H2,1-3H3,(H,18,19)(H,13,16,17). The van der Waals surface area contributed by atoms with Gasteiger partial charge in [0.1, 0.15) is 5.69 Å². The van der Waals surface area contributed by atoms with Crippen LogP contribution in [0.4, 0.5) is 0 Å². The van der Waals surface area contributed by atoms with Gasteiger partial charge in [0.05, 0.1) is 12.1 Å². The van der Waals surface area contributed by atoms with E-state index in [2.05, 4.69) is 25.4 Å². The molecule has 0 spiro atoms. The second kappa shape index (κ2) is 5.13. The quantitative estimate of drug-likeness (QED) is 0.855. The van der Waals surface area contributed by atoms with E-state index in [1.807, 2.05) is 13.8 Å². The highest BCUT2D eigenvalue weighted by molar-refractivity contribution is 5.70. The zero-order valence-electron chi connectivity index (χ0n) is 11.0. The Hall–Kier alpha value is -2.31. The number of carboxylic acid groups (broad SMARTS) is 1. The van der Waals surface area contributed by atoms with E-state index in [1.54, 1.807) is 13.1 Å². The number of H-pyrrole nitrogens is 1. The summed E-state index contributed by atoms with van der Waals surface area (Å²) >= 11 is 0. The number of rotatable bonds is 4. The van der Waals surface area contributed by atoms with Crippen LogP contribution in [0, 0.1) is 19.8 Å². The molecule has 7 nitrogen and oxygen atoms in total. The number of aliphatic carboxylic acids is 1. The summed E-state index contributed by atoms with van der Waals surface area (Å²) in [7, 11) is 0. The van der Waals surface area contributed by atoms with Crippen LogP contribution >= 0.6 is 0 Å². The predicted octanol–water partition coefficient (Wildman–Crippen LogP) is 1.14. The van der Waals surface area contributed by atoms with Gasteiger partial charge in [-0.05, 0) is 25.8 Å². The van der Waals surface area contributed by atoms with Crippen molar-refractivity contribution in [2.45, 2.75) is 27.2 Å². The molecule has 0 saturated carbocycles. The van der Waals surface area contributed by atoms with Crippen molar-refractivity contribution in [1.29, 1.82) is 0 Å². The zero-order chi connectivity index (χ0) is 14.0. The van der Waals surface area contributed by atoms with Crippen molar-refractivity contribution in [3.8, 4) is 11.5 Å². The number of aryl methyl sites for hydroxylation is 2. The molecule has 0 aromatic carbocycles. The van der Waals surface area contributed by atoms with Crippen LogP contribution < -0.4 is 0 Å². The Morgan fingerprint density at radius 1 is 1.37 bits per heavy atom. The van der Waals surface area contributed by atoms with Crippen molar-refractivity contribution in [2.75, 3.05) is 0 Å². The molecule has 1 unspecified atom stereocenters. The Morgan fingerprint density at radius 3 is 2.47 bits per heavy atom. The van der Waals surface area contributed by atoms with E-state index >= 15 is 0 Å². The average molecular weight is 261 g/mol. The molecule has 2 heterocycles. The van der Waals surface area contributed by atoms with Crippen LogP contribution in [0.1, 0.15) is 23.9 Å². The van der Waals surface area contributed by atoms with Crippen LogP contribution in [0.25, 0.3) is 11.5 Å². The van der Waals surface area contributed by atoms with Gasteiger partial charge >= 0.3 is 5.97 Å². The number of aromatic nitrogens is 5. The van der Waals surface area contributed by atoms with Crippen molar-refractivity contribution >= 4 is 5.97 Å². The van der Waals surface area contributed by atoms with Gasteiger partial charge in [0.15, 0.2) is 5.82 Å². The summed E-state index contributed by atoms with van der Waals surface area (Å²) in [4.78, 5) is 19.6. The van der Waals surface area contributed by atoms with Crippen LogP contribution in [0.5, 0.6) is 0 Å². The second-order valence-corrected chi connectivity index (χ2v) is 4.50. The van der Waals surface area contributed by atoms with Crippen molar-refractivity contribution in [3.05, 3.63) is 23.1 Å². The third kappa shape index (κ3) is 2.75. The largest absolute Gasteiger partial charge is 0.481 e. The van der Waals surface area contributed by atoms with Gasteiger partial charge in [-0.15, -0.1) is 0 Å². The summed E-state index contributed by atoms with van der Waals surface area (Å²) in [6.07, 6.45) is 1.97. The van der Waals surface area contributed by atoms with Gasteiger partial charge in [-0.3, -0.25) is 4.79 Å². The highest BCUT2D eigenvalue weighted by Gasteiger charge is 2.17. The molecule has 2 N–H and O–H groups in total. The van der Waals surface area contributed by atoms with E-state index in [4.69, 9.17) is 5.11 Å². The third-order valence-electron chi connectivity index (χ3n) is 3.00. The maximum Gasteiger partial charge on any atom is 0.306 e. The van der Waals surface area contributed by atoms with Crippen molar-refractivity contribution in [1.82, 2.24) is 25.4 Å². The molecule has 0 aliphatic rings. The molecule has 1 atom stereocenters. The van der Waals surface area contributed by atoms with Crippen LogP contribution in [-0.4, -0.2) is 36.5 Å². The van der Waals surface area contributed by atoms with Crippen LogP contribution in [0.2, 0.25) is 0 Å². The summed E-state index contributed by atoms with van der Waals surface area (Å²) in [5.74, 6) is -0.784. The first-order chi connectivity index (χ1) is 8.99. The Morgan fingerprint density at radius 2 is 2.00 bits per heavy atom. The highest BCUT2D eigenvalue weighted by atomic mass is 16.4. The predicted molar refractivity (Wildman–Crippen MR) is 67.4 cm³/mol. The van der Waals surface area contributed by atoms with E-state index < -0.39 is 11.9 Å². The van der Waals surface area contributed by atoms with Crippen LogP contribution in [0.15, 0.2) is 6.20 Å². The summed E-state index contributed by atoms with van der Waals surface area (Å²) in [6, 6.07) is 0. The van der Waals surface area contributed by atoms with Gasteiger partial charge in [-0.1, -0.05) is 6.92 Å². The summed E-state index contributed by atoms with van der Waals surface area (Å²) in [6.45, 7) is 5.37. The lowest BCUT2D eigenvalue weighted by atomic mass is 9.99. The number of carboxylic acids is 1. The van der Waals surface area contributed by atoms with E-state index in [9.17, 15) is 4.79 Å². The Kier molecular flexibility index (Phi) is 3.55. The summed E-state index contributed by atoms with van der Waals surface area (Å²) < 4.78 is 0. The molecule has 2 rings (SSSR count). The Labute approximate surface area is 110 Å². The topological polar surface area (TPSA) is 105 Å². The van der Waals surface area contributed by atoms with E-state index in [0.29, 0.717) is 17.9 Å². The zero-order valence-corrected chi connectivity index (χ0v) is 11.0.